The van der Waals surface area contributed by atoms with Crippen molar-refractivity contribution in [2.24, 2.45) is 0 Å². The summed E-state index contributed by atoms with van der Waals surface area (Å²) in [4.78, 5) is 11.6. The van der Waals surface area contributed by atoms with E-state index in [2.05, 4.69) is 0 Å². The summed E-state index contributed by atoms with van der Waals surface area (Å²) in [5.41, 5.74) is 0.0987. The van der Waals surface area contributed by atoms with Crippen LogP contribution in [0, 0.1) is 0 Å². The normalized spacial score (nSPS) is 22.8. The van der Waals surface area contributed by atoms with E-state index in [1.54, 1.807) is 6.92 Å². The molecule has 19 heavy (non-hydrogen) atoms. The standard InChI is InChI=1S/C11H15ClO6S/c1-2-16-10(13)8-3-4-11(17-5-6-18-11)7-9(8)19(12,14)15/h2-7H2,1H3. The number of carbonyl (C=O) groups excluding carboxylic acids is 1. The van der Waals surface area contributed by atoms with Crippen molar-refractivity contribution in [2.45, 2.75) is 32.0 Å². The summed E-state index contributed by atoms with van der Waals surface area (Å²) in [6.45, 7) is 2.64. The number of esters is 1. The number of rotatable bonds is 3. The molecule has 1 aliphatic heterocycles. The van der Waals surface area contributed by atoms with Gasteiger partial charge < -0.3 is 14.2 Å². The van der Waals surface area contributed by atoms with E-state index in [9.17, 15) is 13.2 Å². The molecule has 0 N–H and O–H groups in total. The molecule has 0 atom stereocenters. The highest BCUT2D eigenvalue weighted by molar-refractivity contribution is 8.16. The molecule has 0 aromatic rings. The third-order valence-corrected chi connectivity index (χ3v) is 4.69. The van der Waals surface area contributed by atoms with Crippen molar-refractivity contribution < 1.29 is 27.4 Å². The number of carbonyl (C=O) groups is 1. The van der Waals surface area contributed by atoms with Crippen molar-refractivity contribution in [3.63, 3.8) is 0 Å². The topological polar surface area (TPSA) is 78.9 Å². The van der Waals surface area contributed by atoms with Gasteiger partial charge in [-0.1, -0.05) is 0 Å². The molecule has 1 heterocycles. The van der Waals surface area contributed by atoms with Crippen molar-refractivity contribution >= 4 is 25.7 Å². The molecule has 0 aromatic carbocycles. The Balaban J connectivity index is 2.36. The average molecular weight is 311 g/mol. The molecule has 1 aliphatic carbocycles. The summed E-state index contributed by atoms with van der Waals surface area (Å²) in [6.07, 6.45) is 0.574. The van der Waals surface area contributed by atoms with Gasteiger partial charge in [0.2, 0.25) is 0 Å². The molecule has 0 saturated carbocycles. The zero-order chi connectivity index (χ0) is 14.1. The molecule has 6 nitrogen and oxygen atoms in total. The quantitative estimate of drug-likeness (QED) is 0.577. The molecular formula is C11H15ClO6S. The van der Waals surface area contributed by atoms with Crippen LogP contribution in [0.15, 0.2) is 10.5 Å². The zero-order valence-corrected chi connectivity index (χ0v) is 12.1. The van der Waals surface area contributed by atoms with Crippen molar-refractivity contribution in [1.82, 2.24) is 0 Å². The average Bonchev–Trinajstić information content (AvgIpc) is 2.76. The maximum atomic E-state index is 11.8. The van der Waals surface area contributed by atoms with Crippen LogP contribution in [-0.2, 0) is 28.1 Å². The molecule has 1 saturated heterocycles. The van der Waals surface area contributed by atoms with Gasteiger partial charge in [-0.05, 0) is 13.3 Å². The van der Waals surface area contributed by atoms with Crippen LogP contribution in [0.3, 0.4) is 0 Å². The Labute approximate surface area is 116 Å². The third kappa shape index (κ3) is 3.10. The maximum Gasteiger partial charge on any atom is 0.335 e. The lowest BCUT2D eigenvalue weighted by atomic mass is 9.93. The van der Waals surface area contributed by atoms with Crippen LogP contribution in [0.2, 0.25) is 0 Å². The molecule has 0 bridgehead atoms. The second-order valence-corrected chi connectivity index (χ2v) is 6.93. The van der Waals surface area contributed by atoms with Crippen LogP contribution < -0.4 is 0 Å². The first kappa shape index (κ1) is 14.8. The zero-order valence-electron chi connectivity index (χ0n) is 10.5. The highest BCUT2D eigenvalue weighted by Gasteiger charge is 2.45. The fourth-order valence-electron chi connectivity index (χ4n) is 2.31. The van der Waals surface area contributed by atoms with E-state index >= 15 is 0 Å². The van der Waals surface area contributed by atoms with Crippen LogP contribution >= 0.6 is 10.7 Å². The largest absolute Gasteiger partial charge is 0.463 e. The number of halogens is 1. The monoisotopic (exact) mass is 310 g/mol. The van der Waals surface area contributed by atoms with Gasteiger partial charge in [0.15, 0.2) is 5.79 Å². The molecule has 8 heteroatoms. The Bertz CT molecular complexity index is 503. The van der Waals surface area contributed by atoms with Crippen molar-refractivity contribution in [1.29, 1.82) is 0 Å². The summed E-state index contributed by atoms with van der Waals surface area (Å²) in [5, 5.41) is 0. The fraction of sp³-hybridized carbons (Fsp3) is 0.727. The summed E-state index contributed by atoms with van der Waals surface area (Å²) >= 11 is 0. The van der Waals surface area contributed by atoms with Crippen molar-refractivity contribution in [2.75, 3.05) is 19.8 Å². The van der Waals surface area contributed by atoms with E-state index in [1.165, 1.54) is 0 Å². The maximum absolute atomic E-state index is 11.8. The number of ether oxygens (including phenoxy) is 3. The number of hydrogen-bond donors (Lipinski definition) is 0. The Morgan fingerprint density at radius 3 is 2.58 bits per heavy atom. The van der Waals surface area contributed by atoms with E-state index in [1.807, 2.05) is 0 Å². The van der Waals surface area contributed by atoms with Gasteiger partial charge in [-0.25, -0.2) is 13.2 Å². The first-order valence-electron chi connectivity index (χ1n) is 6.00. The van der Waals surface area contributed by atoms with Gasteiger partial charge in [-0.15, -0.1) is 0 Å². The van der Waals surface area contributed by atoms with E-state index in [4.69, 9.17) is 24.9 Å². The minimum atomic E-state index is -4.01. The predicted octanol–water partition coefficient (Wildman–Crippen LogP) is 1.30. The highest BCUT2D eigenvalue weighted by Crippen LogP contribution is 2.41. The predicted molar refractivity (Wildman–Crippen MR) is 66.9 cm³/mol. The Hall–Kier alpha value is -0.630. The molecule has 1 spiro atoms. The van der Waals surface area contributed by atoms with Crippen LogP contribution in [0.4, 0.5) is 0 Å². The Morgan fingerprint density at radius 2 is 2.05 bits per heavy atom. The molecule has 0 amide bonds. The van der Waals surface area contributed by atoms with Gasteiger partial charge in [-0.2, -0.15) is 0 Å². The summed E-state index contributed by atoms with van der Waals surface area (Å²) in [7, 11) is 1.40. The van der Waals surface area contributed by atoms with Crippen LogP contribution in [-0.4, -0.2) is 40.0 Å². The van der Waals surface area contributed by atoms with Crippen LogP contribution in [0.25, 0.3) is 0 Å². The fourth-order valence-corrected chi connectivity index (χ4v) is 3.62. The van der Waals surface area contributed by atoms with E-state index in [0.717, 1.165) is 0 Å². The Kier molecular flexibility index (Phi) is 4.20. The van der Waals surface area contributed by atoms with Gasteiger partial charge in [-0.3, -0.25) is 0 Å². The summed E-state index contributed by atoms with van der Waals surface area (Å²) in [6, 6.07) is 0. The third-order valence-electron chi connectivity index (χ3n) is 3.15. The van der Waals surface area contributed by atoms with E-state index in [-0.39, 0.29) is 29.9 Å². The second-order valence-electron chi connectivity index (χ2n) is 4.34. The second kappa shape index (κ2) is 5.40. The van der Waals surface area contributed by atoms with Crippen molar-refractivity contribution in [3.05, 3.63) is 10.5 Å². The Morgan fingerprint density at radius 1 is 1.42 bits per heavy atom. The highest BCUT2D eigenvalue weighted by atomic mass is 35.7. The van der Waals surface area contributed by atoms with E-state index < -0.39 is 20.8 Å². The first-order valence-corrected chi connectivity index (χ1v) is 8.30. The van der Waals surface area contributed by atoms with Gasteiger partial charge >= 0.3 is 5.97 Å². The molecule has 0 radical (unpaired) electrons. The van der Waals surface area contributed by atoms with Crippen LogP contribution in [0.5, 0.6) is 0 Å². The molecule has 2 aliphatic rings. The van der Waals surface area contributed by atoms with Gasteiger partial charge in [0.05, 0.1) is 30.3 Å². The van der Waals surface area contributed by atoms with Gasteiger partial charge in [0.1, 0.15) is 0 Å². The molecule has 0 aromatic heterocycles. The lowest BCUT2D eigenvalue weighted by Crippen LogP contribution is -2.36. The van der Waals surface area contributed by atoms with Crippen LogP contribution in [0.1, 0.15) is 26.2 Å². The summed E-state index contributed by atoms with van der Waals surface area (Å²) < 4.78 is 39.1. The lowest BCUT2D eigenvalue weighted by molar-refractivity contribution is -0.163. The molecule has 2 rings (SSSR count). The summed E-state index contributed by atoms with van der Waals surface area (Å²) in [5.74, 6) is -1.61. The van der Waals surface area contributed by atoms with E-state index in [0.29, 0.717) is 19.6 Å². The molecular weight excluding hydrogens is 296 g/mol. The minimum absolute atomic E-state index is 0.0486. The lowest BCUT2D eigenvalue weighted by Gasteiger charge is -2.32. The minimum Gasteiger partial charge on any atom is -0.463 e. The smallest absolute Gasteiger partial charge is 0.335 e. The number of hydrogen-bond acceptors (Lipinski definition) is 6. The van der Waals surface area contributed by atoms with Crippen molar-refractivity contribution in [3.8, 4) is 0 Å². The SMILES string of the molecule is CCOC(=O)C1=C(S(=O)(=O)Cl)CC2(CC1)OCCO2. The molecule has 1 fully saturated rings. The molecule has 0 unspecified atom stereocenters. The first-order chi connectivity index (χ1) is 8.88. The van der Waals surface area contributed by atoms with Gasteiger partial charge in [0.25, 0.3) is 9.05 Å². The molecule has 108 valence electrons. The van der Waals surface area contributed by atoms with Gasteiger partial charge in [0, 0.05) is 23.5 Å².